The van der Waals surface area contributed by atoms with Gasteiger partial charge in [-0.1, -0.05) is 91.0 Å². The third-order valence-electron chi connectivity index (χ3n) is 6.65. The van der Waals surface area contributed by atoms with Crippen molar-refractivity contribution in [3.63, 3.8) is 0 Å². The number of aliphatic hydroxyl groups is 1. The Morgan fingerprint density at radius 2 is 1.21 bits per heavy atom. The molecule has 0 saturated carbocycles. The van der Waals surface area contributed by atoms with Crippen molar-refractivity contribution in [3.05, 3.63) is 132 Å². The number of aliphatic hydroxyl groups excluding tert-OH is 1. The highest BCUT2D eigenvalue weighted by molar-refractivity contribution is 5.32. The number of ether oxygens (including phenoxy) is 2. The van der Waals surface area contributed by atoms with Crippen molar-refractivity contribution in [2.24, 2.45) is 0 Å². The van der Waals surface area contributed by atoms with Gasteiger partial charge < -0.3 is 19.9 Å². The van der Waals surface area contributed by atoms with Crippen LogP contribution in [0.2, 0.25) is 0 Å². The maximum Gasteiger partial charge on any atom is 0.120 e. The number of β-amino-alcohol motifs (C(OH)–C–C–N with tert-alkyl or cyclic N) is 1. The van der Waals surface area contributed by atoms with Gasteiger partial charge in [0, 0.05) is 18.6 Å². The summed E-state index contributed by atoms with van der Waals surface area (Å²) < 4.78 is 11.7. The lowest BCUT2D eigenvalue weighted by molar-refractivity contribution is 0.0935. The zero-order valence-corrected chi connectivity index (χ0v) is 23.2. The van der Waals surface area contributed by atoms with Crippen LogP contribution in [0.15, 0.2) is 115 Å². The van der Waals surface area contributed by atoms with Gasteiger partial charge in [-0.15, -0.1) is 0 Å². The van der Waals surface area contributed by atoms with Gasteiger partial charge in [0.2, 0.25) is 0 Å². The van der Waals surface area contributed by atoms with Crippen LogP contribution in [0.4, 0.5) is 0 Å². The molecule has 0 amide bonds. The van der Waals surface area contributed by atoms with Gasteiger partial charge in [0.15, 0.2) is 0 Å². The van der Waals surface area contributed by atoms with Gasteiger partial charge in [0.05, 0.1) is 6.04 Å². The zero-order valence-electron chi connectivity index (χ0n) is 23.2. The molecular formula is C34H40N2O3. The van der Waals surface area contributed by atoms with Gasteiger partial charge in [-0.25, -0.2) is 0 Å². The van der Waals surface area contributed by atoms with Crippen LogP contribution in [-0.4, -0.2) is 48.4 Å². The van der Waals surface area contributed by atoms with Gasteiger partial charge in [-0.3, -0.25) is 4.90 Å². The Morgan fingerprint density at radius 3 is 1.74 bits per heavy atom. The fourth-order valence-corrected chi connectivity index (χ4v) is 4.76. The van der Waals surface area contributed by atoms with E-state index >= 15 is 0 Å². The Kier molecular flexibility index (Phi) is 10.1. The minimum atomic E-state index is -0.636. The number of hydrogen-bond donors (Lipinski definition) is 2. The van der Waals surface area contributed by atoms with Gasteiger partial charge in [-0.2, -0.15) is 0 Å². The quantitative estimate of drug-likeness (QED) is 0.209. The van der Waals surface area contributed by atoms with E-state index < -0.39 is 6.10 Å². The van der Waals surface area contributed by atoms with Gasteiger partial charge >= 0.3 is 0 Å². The fraction of sp³-hybridized carbons (Fsp3) is 0.294. The van der Waals surface area contributed by atoms with Gasteiger partial charge in [0.25, 0.3) is 0 Å². The SMILES string of the molecule is CN(CC(C)(C)NCC(O)COc1ccc(OCc2ccccc2)cc1)C(c1ccccc1)c1ccccc1. The first-order valence-corrected chi connectivity index (χ1v) is 13.5. The van der Waals surface area contributed by atoms with E-state index in [-0.39, 0.29) is 18.2 Å². The molecule has 1 unspecified atom stereocenters. The molecule has 0 heterocycles. The van der Waals surface area contributed by atoms with E-state index in [0.29, 0.717) is 18.9 Å². The molecule has 0 fully saturated rings. The van der Waals surface area contributed by atoms with Crippen molar-refractivity contribution in [1.29, 1.82) is 0 Å². The topological polar surface area (TPSA) is 54.0 Å². The molecule has 0 spiro atoms. The first kappa shape index (κ1) is 28.4. The van der Waals surface area contributed by atoms with E-state index in [9.17, 15) is 5.11 Å². The number of nitrogens with zero attached hydrogens (tertiary/aromatic N) is 1. The predicted molar refractivity (Wildman–Crippen MR) is 158 cm³/mol. The molecule has 0 aromatic heterocycles. The van der Waals surface area contributed by atoms with Crippen LogP contribution in [0, 0.1) is 0 Å². The second kappa shape index (κ2) is 13.9. The standard InChI is InChI=1S/C34H40N2O3/c1-34(2,26-36(3)33(28-15-9-5-10-16-28)29-17-11-6-12-18-29)35-23-30(37)25-39-32-21-19-31(20-22-32)38-24-27-13-7-4-8-14-27/h4-22,30,33,35,37H,23-26H2,1-3H3. The first-order chi connectivity index (χ1) is 18.9. The predicted octanol–water partition coefficient (Wildman–Crippen LogP) is 6.09. The summed E-state index contributed by atoms with van der Waals surface area (Å²) in [6.45, 7) is 6.28. The molecule has 0 saturated heterocycles. The van der Waals surface area contributed by atoms with Crippen LogP contribution in [0.1, 0.15) is 36.6 Å². The summed E-state index contributed by atoms with van der Waals surface area (Å²) >= 11 is 0. The molecule has 5 nitrogen and oxygen atoms in total. The highest BCUT2D eigenvalue weighted by Crippen LogP contribution is 2.28. The van der Waals surface area contributed by atoms with Crippen LogP contribution in [0.5, 0.6) is 11.5 Å². The molecule has 0 aliphatic heterocycles. The molecule has 0 bridgehead atoms. The van der Waals surface area contributed by atoms with Crippen molar-refractivity contribution in [2.75, 3.05) is 26.7 Å². The van der Waals surface area contributed by atoms with Crippen molar-refractivity contribution in [2.45, 2.75) is 38.1 Å². The normalized spacial score (nSPS) is 12.5. The molecule has 4 aromatic carbocycles. The molecule has 0 aliphatic carbocycles. The van der Waals surface area contributed by atoms with Crippen molar-refractivity contribution in [1.82, 2.24) is 10.2 Å². The zero-order chi connectivity index (χ0) is 27.5. The minimum absolute atomic E-state index is 0.140. The Hall–Kier alpha value is -3.64. The lowest BCUT2D eigenvalue weighted by Crippen LogP contribution is -2.51. The molecule has 204 valence electrons. The first-order valence-electron chi connectivity index (χ1n) is 13.5. The molecule has 0 aliphatic rings. The van der Waals surface area contributed by atoms with Crippen molar-refractivity contribution < 1.29 is 14.6 Å². The van der Waals surface area contributed by atoms with Gasteiger partial charge in [0.1, 0.15) is 30.8 Å². The van der Waals surface area contributed by atoms with Crippen molar-refractivity contribution >= 4 is 0 Å². The van der Waals surface area contributed by atoms with E-state index in [1.807, 2.05) is 54.6 Å². The van der Waals surface area contributed by atoms with Crippen LogP contribution in [0.3, 0.4) is 0 Å². The summed E-state index contributed by atoms with van der Waals surface area (Å²) in [7, 11) is 2.15. The highest BCUT2D eigenvalue weighted by Gasteiger charge is 2.26. The third kappa shape index (κ3) is 8.96. The molecule has 2 N–H and O–H groups in total. The number of likely N-dealkylation sites (N-methyl/N-ethyl adjacent to an activating group) is 1. The number of hydrogen-bond acceptors (Lipinski definition) is 5. The van der Waals surface area contributed by atoms with E-state index in [1.54, 1.807) is 0 Å². The summed E-state index contributed by atoms with van der Waals surface area (Å²) in [5.74, 6) is 1.48. The Balaban J connectivity index is 1.24. The lowest BCUT2D eigenvalue weighted by atomic mass is 9.95. The summed E-state index contributed by atoms with van der Waals surface area (Å²) in [6, 6.07) is 38.9. The average molecular weight is 525 g/mol. The van der Waals surface area contributed by atoms with Crippen molar-refractivity contribution in [3.8, 4) is 11.5 Å². The van der Waals surface area contributed by atoms with E-state index in [4.69, 9.17) is 9.47 Å². The molecule has 4 aromatic rings. The Morgan fingerprint density at radius 1 is 0.718 bits per heavy atom. The summed E-state index contributed by atoms with van der Waals surface area (Å²) in [6.07, 6.45) is -0.636. The maximum atomic E-state index is 10.6. The smallest absolute Gasteiger partial charge is 0.120 e. The maximum absolute atomic E-state index is 10.6. The number of benzene rings is 4. The summed E-state index contributed by atoms with van der Waals surface area (Å²) in [5.41, 5.74) is 3.41. The van der Waals surface area contributed by atoms with Gasteiger partial charge in [-0.05, 0) is 61.9 Å². The minimum Gasteiger partial charge on any atom is -0.491 e. The fourth-order valence-electron chi connectivity index (χ4n) is 4.76. The second-order valence-corrected chi connectivity index (χ2v) is 10.6. The molecule has 39 heavy (non-hydrogen) atoms. The Bertz CT molecular complexity index is 1190. The van der Waals surface area contributed by atoms with Crippen LogP contribution >= 0.6 is 0 Å². The van der Waals surface area contributed by atoms with Crippen LogP contribution in [-0.2, 0) is 6.61 Å². The van der Waals surface area contributed by atoms with E-state index in [2.05, 4.69) is 91.8 Å². The molecule has 4 rings (SSSR count). The Labute approximate surface area is 233 Å². The molecule has 5 heteroatoms. The summed E-state index contributed by atoms with van der Waals surface area (Å²) in [5, 5.41) is 14.1. The number of nitrogens with one attached hydrogen (secondary N) is 1. The average Bonchev–Trinajstić information content (AvgIpc) is 2.96. The third-order valence-corrected chi connectivity index (χ3v) is 6.65. The van der Waals surface area contributed by atoms with E-state index in [1.165, 1.54) is 11.1 Å². The highest BCUT2D eigenvalue weighted by atomic mass is 16.5. The monoisotopic (exact) mass is 524 g/mol. The van der Waals surface area contributed by atoms with Crippen LogP contribution < -0.4 is 14.8 Å². The second-order valence-electron chi connectivity index (χ2n) is 10.6. The molecule has 0 radical (unpaired) electrons. The molecular weight excluding hydrogens is 484 g/mol. The summed E-state index contributed by atoms with van der Waals surface area (Å²) in [4.78, 5) is 2.36. The van der Waals surface area contributed by atoms with E-state index in [0.717, 1.165) is 17.9 Å². The number of rotatable bonds is 14. The lowest BCUT2D eigenvalue weighted by Gasteiger charge is -2.37. The van der Waals surface area contributed by atoms with Crippen LogP contribution in [0.25, 0.3) is 0 Å². The largest absolute Gasteiger partial charge is 0.491 e. The molecule has 1 atom stereocenters.